The minimum atomic E-state index is -4.63. The van der Waals surface area contributed by atoms with E-state index in [1.54, 1.807) is 12.1 Å². The molecule has 0 spiro atoms. The second kappa shape index (κ2) is 9.93. The highest BCUT2D eigenvalue weighted by Crippen LogP contribution is 2.33. The third-order valence-corrected chi connectivity index (χ3v) is 6.77. The molecule has 0 saturated carbocycles. The summed E-state index contributed by atoms with van der Waals surface area (Å²) in [6, 6.07) is 9.90. The number of pyridine rings is 1. The molecule has 186 valence electrons. The number of aromatic nitrogens is 3. The predicted molar refractivity (Wildman–Crippen MR) is 128 cm³/mol. The van der Waals surface area contributed by atoms with Crippen LogP contribution in [0, 0.1) is 25.2 Å². The van der Waals surface area contributed by atoms with E-state index in [9.17, 15) is 18.0 Å². The lowest BCUT2D eigenvalue weighted by molar-refractivity contribution is -0.138. The lowest BCUT2D eigenvalue weighted by atomic mass is 9.99. The Morgan fingerprint density at radius 1 is 1.08 bits per heavy atom. The highest BCUT2D eigenvalue weighted by Gasteiger charge is 2.37. The minimum Gasteiger partial charge on any atom is -0.355 e. The van der Waals surface area contributed by atoms with Crippen LogP contribution in [0.3, 0.4) is 0 Å². The molecule has 2 aromatic heterocycles. The number of carbonyl (C=O) groups excluding carboxylic acids is 1. The monoisotopic (exact) mass is 494 g/mol. The molecular formula is C26H25F3N6O. The van der Waals surface area contributed by atoms with Crippen molar-refractivity contribution in [2.75, 3.05) is 25.0 Å². The van der Waals surface area contributed by atoms with Crippen molar-refractivity contribution in [1.29, 1.82) is 5.26 Å². The fourth-order valence-electron chi connectivity index (χ4n) is 4.50. The highest BCUT2D eigenvalue weighted by molar-refractivity contribution is 5.95. The van der Waals surface area contributed by atoms with Crippen LogP contribution in [0.5, 0.6) is 0 Å². The Labute approximate surface area is 207 Å². The van der Waals surface area contributed by atoms with Crippen molar-refractivity contribution in [2.24, 2.45) is 0 Å². The second-order valence-electron chi connectivity index (χ2n) is 8.86. The Morgan fingerprint density at radius 3 is 2.36 bits per heavy atom. The predicted octanol–water partition coefficient (Wildman–Crippen LogP) is 4.79. The SMILES string of the molecule is Cc1c(-c2ccc(C#N)cc2)nnc(N2CCC(N(C)C(=O)c3cnccc3C(F)(F)F)CC2)c1C. The van der Waals surface area contributed by atoms with E-state index in [1.165, 1.54) is 11.9 Å². The first-order valence-electron chi connectivity index (χ1n) is 11.5. The summed E-state index contributed by atoms with van der Waals surface area (Å²) in [5, 5.41) is 17.9. The summed E-state index contributed by atoms with van der Waals surface area (Å²) in [6.07, 6.45) is -1.44. The van der Waals surface area contributed by atoms with Crippen LogP contribution in [-0.2, 0) is 6.18 Å². The number of benzene rings is 1. The topological polar surface area (TPSA) is 86.0 Å². The molecule has 7 nitrogen and oxygen atoms in total. The first-order valence-corrected chi connectivity index (χ1v) is 11.5. The molecule has 10 heteroatoms. The van der Waals surface area contributed by atoms with Crippen LogP contribution >= 0.6 is 0 Å². The van der Waals surface area contributed by atoms with Crippen LogP contribution < -0.4 is 4.90 Å². The quantitative estimate of drug-likeness (QED) is 0.519. The smallest absolute Gasteiger partial charge is 0.355 e. The number of carbonyl (C=O) groups is 1. The van der Waals surface area contributed by atoms with Gasteiger partial charge in [0, 0.05) is 44.1 Å². The molecule has 0 radical (unpaired) electrons. The molecule has 0 unspecified atom stereocenters. The van der Waals surface area contributed by atoms with Crippen LogP contribution in [0.2, 0.25) is 0 Å². The normalized spacial score (nSPS) is 14.4. The van der Waals surface area contributed by atoms with Gasteiger partial charge in [0.15, 0.2) is 5.82 Å². The third-order valence-electron chi connectivity index (χ3n) is 6.77. The lowest BCUT2D eigenvalue weighted by Crippen LogP contribution is -2.46. The maximum atomic E-state index is 13.4. The van der Waals surface area contributed by atoms with Crippen LogP contribution in [0.1, 0.15) is 45.5 Å². The molecule has 3 heterocycles. The molecular weight excluding hydrogens is 469 g/mol. The van der Waals surface area contributed by atoms with Gasteiger partial charge in [0.2, 0.25) is 0 Å². The van der Waals surface area contributed by atoms with Gasteiger partial charge in [-0.3, -0.25) is 9.78 Å². The first-order chi connectivity index (χ1) is 17.1. The van der Waals surface area contributed by atoms with Crippen molar-refractivity contribution in [2.45, 2.75) is 38.9 Å². The zero-order valence-electron chi connectivity index (χ0n) is 20.2. The number of hydrogen-bond donors (Lipinski definition) is 0. The average Bonchev–Trinajstić information content (AvgIpc) is 2.89. The number of anilines is 1. The number of piperidine rings is 1. The van der Waals surface area contributed by atoms with Crippen molar-refractivity contribution in [1.82, 2.24) is 20.1 Å². The second-order valence-corrected chi connectivity index (χ2v) is 8.86. The number of hydrogen-bond acceptors (Lipinski definition) is 6. The first kappa shape index (κ1) is 25.1. The van der Waals surface area contributed by atoms with E-state index in [1.807, 2.05) is 26.0 Å². The molecule has 1 aliphatic rings. The minimum absolute atomic E-state index is 0.206. The Hall–Kier alpha value is -4.00. The van der Waals surface area contributed by atoms with Gasteiger partial charge in [-0.25, -0.2) is 0 Å². The number of halogens is 3. The van der Waals surface area contributed by atoms with E-state index in [4.69, 9.17) is 5.26 Å². The average molecular weight is 495 g/mol. The van der Waals surface area contributed by atoms with E-state index in [-0.39, 0.29) is 6.04 Å². The summed E-state index contributed by atoms with van der Waals surface area (Å²) in [4.78, 5) is 20.1. The standard InChI is InChI=1S/C26H25F3N6O/c1-16-17(2)24(33-32-23(16)19-6-4-18(14-30)5-7-19)35-12-9-20(10-13-35)34(3)25(36)21-15-31-11-8-22(21)26(27,28)29/h4-8,11,15,20H,9-10,12-13H2,1-3H3. The van der Waals surface area contributed by atoms with Crippen LogP contribution in [0.25, 0.3) is 11.3 Å². The molecule has 1 amide bonds. The van der Waals surface area contributed by atoms with Gasteiger partial charge < -0.3 is 9.80 Å². The van der Waals surface area contributed by atoms with E-state index < -0.39 is 23.2 Å². The number of rotatable bonds is 4. The van der Waals surface area contributed by atoms with Crippen molar-refractivity contribution < 1.29 is 18.0 Å². The van der Waals surface area contributed by atoms with Gasteiger partial charge in [-0.2, -0.15) is 18.4 Å². The number of nitrogens with zero attached hydrogens (tertiary/aromatic N) is 6. The molecule has 1 fully saturated rings. The summed E-state index contributed by atoms with van der Waals surface area (Å²) < 4.78 is 40.1. The molecule has 0 aliphatic carbocycles. The third kappa shape index (κ3) is 4.87. The van der Waals surface area contributed by atoms with E-state index in [0.717, 1.165) is 46.7 Å². The zero-order chi connectivity index (χ0) is 26.0. The Kier molecular flexibility index (Phi) is 6.93. The van der Waals surface area contributed by atoms with Gasteiger partial charge in [0.05, 0.1) is 28.5 Å². The van der Waals surface area contributed by atoms with Crippen LogP contribution in [0.4, 0.5) is 19.0 Å². The van der Waals surface area contributed by atoms with Crippen LogP contribution in [-0.4, -0.2) is 52.2 Å². The van der Waals surface area contributed by atoms with Crippen molar-refractivity contribution in [3.63, 3.8) is 0 Å². The summed E-state index contributed by atoms with van der Waals surface area (Å²) in [5.41, 5.74) is 2.75. The molecule has 36 heavy (non-hydrogen) atoms. The lowest BCUT2D eigenvalue weighted by Gasteiger charge is -2.38. The van der Waals surface area contributed by atoms with E-state index in [0.29, 0.717) is 31.5 Å². The maximum absolute atomic E-state index is 13.4. The van der Waals surface area contributed by atoms with Crippen molar-refractivity contribution in [3.8, 4) is 17.3 Å². The van der Waals surface area contributed by atoms with E-state index >= 15 is 0 Å². The summed E-state index contributed by atoms with van der Waals surface area (Å²) in [6.45, 7) is 5.14. The van der Waals surface area contributed by atoms with Gasteiger partial charge in [-0.05, 0) is 56.0 Å². The van der Waals surface area contributed by atoms with Gasteiger partial charge >= 0.3 is 6.18 Å². The fourth-order valence-corrected chi connectivity index (χ4v) is 4.50. The Bertz CT molecular complexity index is 1310. The van der Waals surface area contributed by atoms with Crippen LogP contribution in [0.15, 0.2) is 42.7 Å². The molecule has 3 aromatic rings. The Morgan fingerprint density at radius 2 is 1.75 bits per heavy atom. The van der Waals surface area contributed by atoms with Gasteiger partial charge in [-0.1, -0.05) is 12.1 Å². The van der Waals surface area contributed by atoms with Gasteiger partial charge in [0.1, 0.15) is 0 Å². The zero-order valence-corrected chi connectivity index (χ0v) is 20.2. The summed E-state index contributed by atoms with van der Waals surface area (Å²) >= 11 is 0. The molecule has 0 atom stereocenters. The highest BCUT2D eigenvalue weighted by atomic mass is 19.4. The molecule has 4 rings (SSSR count). The van der Waals surface area contributed by atoms with Crippen molar-refractivity contribution >= 4 is 11.7 Å². The summed E-state index contributed by atoms with van der Waals surface area (Å²) in [7, 11) is 1.54. The largest absolute Gasteiger partial charge is 0.417 e. The molecule has 0 bridgehead atoms. The maximum Gasteiger partial charge on any atom is 0.417 e. The molecule has 1 aromatic carbocycles. The number of amides is 1. The summed E-state index contributed by atoms with van der Waals surface area (Å²) in [5.74, 6) is 0.0661. The number of alkyl halides is 3. The van der Waals surface area contributed by atoms with Gasteiger partial charge in [-0.15, -0.1) is 10.2 Å². The van der Waals surface area contributed by atoms with Gasteiger partial charge in [0.25, 0.3) is 5.91 Å². The Balaban J connectivity index is 1.47. The van der Waals surface area contributed by atoms with Crippen molar-refractivity contribution in [3.05, 3.63) is 70.5 Å². The fraction of sp³-hybridized carbons (Fsp3) is 0.346. The number of nitriles is 1. The van der Waals surface area contributed by atoms with E-state index in [2.05, 4.69) is 26.2 Å². The molecule has 0 N–H and O–H groups in total. The molecule has 1 aliphatic heterocycles. The molecule has 1 saturated heterocycles.